The van der Waals surface area contributed by atoms with Crippen LogP contribution < -0.4 is 14.4 Å². The molecular weight excluding hydrogens is 392 g/mol. The van der Waals surface area contributed by atoms with E-state index in [0.717, 1.165) is 16.1 Å². The maximum Gasteiger partial charge on any atom is 0.298 e. The Morgan fingerprint density at radius 1 is 1.35 bits per heavy atom. The summed E-state index contributed by atoms with van der Waals surface area (Å²) in [5.74, 6) is 0.480. The molecule has 1 heterocycles. The van der Waals surface area contributed by atoms with Crippen LogP contribution in [-0.4, -0.2) is 22.9 Å². The summed E-state index contributed by atoms with van der Waals surface area (Å²) in [5.41, 5.74) is 1.87. The predicted octanol–water partition coefficient (Wildman–Crippen LogP) is 4.48. The molecule has 134 valence electrons. The lowest BCUT2D eigenvalue weighted by Gasteiger charge is -2.22. The van der Waals surface area contributed by atoms with Gasteiger partial charge in [-0.05, 0) is 47.8 Å². The zero-order chi connectivity index (χ0) is 18.4. The highest BCUT2D eigenvalue weighted by molar-refractivity contribution is 8.00. The molecule has 0 aliphatic rings. The van der Waals surface area contributed by atoms with E-state index in [2.05, 4.69) is 14.1 Å². The van der Waals surface area contributed by atoms with E-state index in [4.69, 9.17) is 16.3 Å². The van der Waals surface area contributed by atoms with Gasteiger partial charge in [-0.25, -0.2) is 4.98 Å². The van der Waals surface area contributed by atoms with E-state index in [1.165, 1.54) is 29.8 Å². The Balaban J connectivity index is 1.75. The number of ether oxygens (including phenoxy) is 1. The molecule has 6 nitrogen and oxygen atoms in total. The van der Waals surface area contributed by atoms with Gasteiger partial charge in [0.15, 0.2) is 5.75 Å². The molecule has 0 radical (unpaired) electrons. The van der Waals surface area contributed by atoms with Crippen molar-refractivity contribution in [2.24, 2.45) is 0 Å². The van der Waals surface area contributed by atoms with Crippen molar-refractivity contribution in [2.75, 3.05) is 16.7 Å². The van der Waals surface area contributed by atoms with Gasteiger partial charge in [0.05, 0.1) is 5.69 Å². The number of carbonyl (C=O) groups excluding carboxylic acids is 1. The smallest absolute Gasteiger partial charge is 0.298 e. The largest absolute Gasteiger partial charge is 0.426 e. The van der Waals surface area contributed by atoms with Gasteiger partial charge < -0.3 is 14.4 Å². The number of rotatable bonds is 8. The van der Waals surface area contributed by atoms with Gasteiger partial charge in [-0.1, -0.05) is 23.7 Å². The molecule has 1 N–H and O–H groups in total. The molecule has 0 amide bonds. The molecule has 0 atom stereocenters. The average molecular weight is 407 g/mol. The van der Waals surface area contributed by atoms with Gasteiger partial charge in [0, 0.05) is 35.0 Å². The number of hydrogen-bond donors (Lipinski definition) is 1. The van der Waals surface area contributed by atoms with Crippen LogP contribution in [0.2, 0.25) is 5.02 Å². The SMILES string of the molecule is CN(Cc1cccc(Cl)c1)c1ccc(SNc2ncns2)cc1OC=O. The van der Waals surface area contributed by atoms with Crippen LogP contribution in [0, 0.1) is 0 Å². The van der Waals surface area contributed by atoms with Crippen LogP contribution in [-0.2, 0) is 11.3 Å². The Morgan fingerprint density at radius 2 is 2.23 bits per heavy atom. The molecule has 0 fully saturated rings. The highest BCUT2D eigenvalue weighted by atomic mass is 35.5. The summed E-state index contributed by atoms with van der Waals surface area (Å²) in [6.07, 6.45) is 1.49. The van der Waals surface area contributed by atoms with Crippen molar-refractivity contribution in [1.29, 1.82) is 0 Å². The lowest BCUT2D eigenvalue weighted by atomic mass is 10.2. The number of nitrogens with zero attached hydrogens (tertiary/aromatic N) is 3. The molecule has 0 saturated carbocycles. The number of hydrogen-bond acceptors (Lipinski definition) is 8. The number of halogens is 1. The van der Waals surface area contributed by atoms with Crippen molar-refractivity contribution in [3.63, 3.8) is 0 Å². The fourth-order valence-electron chi connectivity index (χ4n) is 2.33. The van der Waals surface area contributed by atoms with E-state index in [9.17, 15) is 4.79 Å². The highest BCUT2D eigenvalue weighted by Gasteiger charge is 2.12. The summed E-state index contributed by atoms with van der Waals surface area (Å²) in [6, 6.07) is 13.3. The maximum absolute atomic E-state index is 10.9. The van der Waals surface area contributed by atoms with Crippen LogP contribution in [0.25, 0.3) is 0 Å². The minimum Gasteiger partial charge on any atom is -0.426 e. The maximum atomic E-state index is 10.9. The van der Waals surface area contributed by atoms with Gasteiger partial charge >= 0.3 is 0 Å². The minimum atomic E-state index is 0.429. The van der Waals surface area contributed by atoms with Gasteiger partial charge in [0.2, 0.25) is 5.13 Å². The van der Waals surface area contributed by atoms with Crippen molar-refractivity contribution >= 4 is 52.4 Å². The molecule has 26 heavy (non-hydrogen) atoms. The van der Waals surface area contributed by atoms with Crippen LogP contribution in [0.15, 0.2) is 53.7 Å². The molecule has 0 bridgehead atoms. The van der Waals surface area contributed by atoms with Crippen molar-refractivity contribution in [3.8, 4) is 5.75 Å². The highest BCUT2D eigenvalue weighted by Crippen LogP contribution is 2.33. The van der Waals surface area contributed by atoms with Crippen LogP contribution in [0.5, 0.6) is 5.75 Å². The third-order valence-corrected chi connectivity index (χ3v) is 5.17. The van der Waals surface area contributed by atoms with Crippen molar-refractivity contribution in [1.82, 2.24) is 9.36 Å². The summed E-state index contributed by atoms with van der Waals surface area (Å²) in [4.78, 5) is 17.9. The zero-order valence-corrected chi connectivity index (χ0v) is 16.1. The lowest BCUT2D eigenvalue weighted by molar-refractivity contribution is -0.120. The summed E-state index contributed by atoms with van der Waals surface area (Å²) >= 11 is 8.68. The molecular formula is C17H15ClN4O2S2. The number of carbonyl (C=O) groups is 1. The van der Waals surface area contributed by atoms with E-state index < -0.39 is 0 Å². The molecule has 2 aromatic carbocycles. The lowest BCUT2D eigenvalue weighted by Crippen LogP contribution is -2.17. The second kappa shape index (κ2) is 8.88. The summed E-state index contributed by atoms with van der Waals surface area (Å²) in [6.45, 7) is 1.06. The minimum absolute atomic E-state index is 0.429. The van der Waals surface area contributed by atoms with Gasteiger partial charge in [0.1, 0.15) is 6.33 Å². The first-order chi connectivity index (χ1) is 12.7. The topological polar surface area (TPSA) is 67.3 Å². The fraction of sp³-hybridized carbons (Fsp3) is 0.118. The van der Waals surface area contributed by atoms with Crippen molar-refractivity contribution in [2.45, 2.75) is 11.4 Å². The van der Waals surface area contributed by atoms with Crippen LogP contribution in [0.4, 0.5) is 10.8 Å². The van der Waals surface area contributed by atoms with Gasteiger partial charge in [-0.2, -0.15) is 4.37 Å². The summed E-state index contributed by atoms with van der Waals surface area (Å²) in [7, 11) is 1.93. The second-order valence-electron chi connectivity index (χ2n) is 5.28. The van der Waals surface area contributed by atoms with Gasteiger partial charge in [-0.15, -0.1) is 0 Å². The zero-order valence-electron chi connectivity index (χ0n) is 13.8. The molecule has 0 aliphatic carbocycles. The Bertz CT molecular complexity index is 877. The van der Waals surface area contributed by atoms with Crippen LogP contribution in [0.1, 0.15) is 5.56 Å². The third kappa shape index (κ3) is 4.87. The second-order valence-corrected chi connectivity index (χ2v) is 7.38. The Labute approximate surface area is 164 Å². The van der Waals surface area contributed by atoms with Crippen LogP contribution >= 0.6 is 35.1 Å². The number of benzene rings is 2. The first-order valence-electron chi connectivity index (χ1n) is 7.55. The van der Waals surface area contributed by atoms with E-state index in [1.54, 1.807) is 6.07 Å². The normalized spacial score (nSPS) is 10.4. The molecule has 1 aromatic heterocycles. The molecule has 3 aromatic rings. The Kier molecular flexibility index (Phi) is 6.32. The van der Waals surface area contributed by atoms with Gasteiger partial charge in [-0.3, -0.25) is 4.79 Å². The Hall–Kier alpha value is -2.29. The Morgan fingerprint density at radius 3 is 2.96 bits per heavy atom. The van der Waals surface area contributed by atoms with E-state index in [-0.39, 0.29) is 0 Å². The van der Waals surface area contributed by atoms with E-state index in [1.807, 2.05) is 48.3 Å². The number of aromatic nitrogens is 2. The van der Waals surface area contributed by atoms with Crippen LogP contribution in [0.3, 0.4) is 0 Å². The monoisotopic (exact) mass is 406 g/mol. The van der Waals surface area contributed by atoms with Gasteiger partial charge in [0.25, 0.3) is 6.47 Å². The molecule has 0 spiro atoms. The quantitative estimate of drug-likeness (QED) is 0.436. The molecule has 0 unspecified atom stereocenters. The number of anilines is 2. The molecule has 9 heteroatoms. The predicted molar refractivity (Wildman–Crippen MR) is 106 cm³/mol. The first-order valence-corrected chi connectivity index (χ1v) is 9.52. The molecule has 3 rings (SSSR count). The number of nitrogens with one attached hydrogen (secondary N) is 1. The fourth-order valence-corrected chi connectivity index (χ4v) is 3.67. The summed E-state index contributed by atoms with van der Waals surface area (Å²) < 4.78 is 12.2. The summed E-state index contributed by atoms with van der Waals surface area (Å²) in [5, 5.41) is 1.39. The van der Waals surface area contributed by atoms with Crippen molar-refractivity contribution < 1.29 is 9.53 Å². The standard InChI is InChI=1S/C17H15ClN4O2S2/c1-22(9-12-3-2-4-13(18)7-12)15-6-5-14(8-16(15)24-11-23)25-21-17-19-10-20-26-17/h2-8,10-11H,9H2,1H3,(H,19,20,21). The van der Waals surface area contributed by atoms with Crippen molar-refractivity contribution in [3.05, 3.63) is 59.4 Å². The third-order valence-electron chi connectivity index (χ3n) is 3.44. The molecule has 0 aliphatic heterocycles. The first kappa shape index (κ1) is 18.5. The molecule has 0 saturated heterocycles. The average Bonchev–Trinajstić information content (AvgIpc) is 3.14. The van der Waals surface area contributed by atoms with E-state index >= 15 is 0 Å². The van der Waals surface area contributed by atoms with E-state index in [0.29, 0.717) is 28.9 Å².